The number of fused-ring (bicyclic) bond motifs is 1. The van der Waals surface area contributed by atoms with E-state index in [2.05, 4.69) is 26.2 Å². The van der Waals surface area contributed by atoms with Gasteiger partial charge in [-0.05, 0) is 52.3 Å². The predicted molar refractivity (Wildman–Crippen MR) is 80.9 cm³/mol. The van der Waals surface area contributed by atoms with Gasteiger partial charge in [-0.2, -0.15) is 4.98 Å². The lowest BCUT2D eigenvalue weighted by atomic mass is 10.3. The maximum absolute atomic E-state index is 6.03. The topological polar surface area (TPSA) is 64.1 Å². The van der Waals surface area contributed by atoms with Crippen LogP contribution in [0.1, 0.15) is 0 Å². The second-order valence-corrected chi connectivity index (χ2v) is 5.26. The number of nitrogens with zero attached hydrogens (tertiary/aromatic N) is 1. The van der Waals surface area contributed by atoms with Crippen molar-refractivity contribution in [3.05, 3.63) is 45.9 Å². The Morgan fingerprint density at radius 2 is 2.05 bits per heavy atom. The summed E-state index contributed by atoms with van der Waals surface area (Å²) in [6, 6.07) is 11.2. The Kier molecular flexibility index (Phi) is 3.08. The standard InChI is InChI=1S/C13H9BrClN3O/c14-9-3-2-8(6-10(9)15)17-13-18-11-5-7(16)1-4-12(11)19-13/h1-6H,16H2,(H,17,18). The molecule has 1 heterocycles. The van der Waals surface area contributed by atoms with Gasteiger partial charge < -0.3 is 15.5 Å². The Labute approximate surface area is 122 Å². The highest BCUT2D eigenvalue weighted by atomic mass is 79.9. The van der Waals surface area contributed by atoms with E-state index in [1.54, 1.807) is 24.3 Å². The minimum atomic E-state index is 0.402. The molecular formula is C13H9BrClN3O. The smallest absolute Gasteiger partial charge is 0.300 e. The van der Waals surface area contributed by atoms with Crippen LogP contribution >= 0.6 is 27.5 Å². The zero-order valence-corrected chi connectivity index (χ0v) is 12.0. The van der Waals surface area contributed by atoms with E-state index in [-0.39, 0.29) is 0 Å². The third-order valence-corrected chi connectivity index (χ3v) is 3.81. The lowest BCUT2D eigenvalue weighted by Crippen LogP contribution is -1.89. The Hall–Kier alpha value is -1.72. The van der Waals surface area contributed by atoms with Gasteiger partial charge in [0.1, 0.15) is 5.52 Å². The number of rotatable bonds is 2. The van der Waals surface area contributed by atoms with Crippen molar-refractivity contribution < 1.29 is 4.42 Å². The molecule has 2 aromatic carbocycles. The van der Waals surface area contributed by atoms with Crippen molar-refractivity contribution in [2.75, 3.05) is 11.1 Å². The number of nitrogen functional groups attached to an aromatic ring is 1. The molecule has 0 fully saturated rings. The fraction of sp³-hybridized carbons (Fsp3) is 0. The normalized spacial score (nSPS) is 10.8. The first-order chi connectivity index (χ1) is 9.11. The molecule has 96 valence electrons. The van der Waals surface area contributed by atoms with E-state index >= 15 is 0 Å². The van der Waals surface area contributed by atoms with Crippen LogP contribution in [-0.2, 0) is 0 Å². The van der Waals surface area contributed by atoms with Gasteiger partial charge in [-0.3, -0.25) is 0 Å². The fourth-order valence-electron chi connectivity index (χ4n) is 1.70. The van der Waals surface area contributed by atoms with E-state index in [0.29, 0.717) is 27.8 Å². The SMILES string of the molecule is Nc1ccc2oc(Nc3ccc(Br)c(Cl)c3)nc2c1. The molecule has 3 N–H and O–H groups in total. The van der Waals surface area contributed by atoms with Crippen molar-refractivity contribution in [2.45, 2.75) is 0 Å². The molecule has 3 rings (SSSR count). The first-order valence-corrected chi connectivity index (χ1v) is 6.67. The lowest BCUT2D eigenvalue weighted by Gasteiger charge is -2.02. The average Bonchev–Trinajstić information content (AvgIpc) is 2.75. The molecule has 0 aliphatic heterocycles. The summed E-state index contributed by atoms with van der Waals surface area (Å²) in [5.74, 6) is 0. The van der Waals surface area contributed by atoms with E-state index in [9.17, 15) is 0 Å². The van der Waals surface area contributed by atoms with Gasteiger partial charge in [-0.1, -0.05) is 11.6 Å². The molecule has 0 unspecified atom stereocenters. The van der Waals surface area contributed by atoms with Gasteiger partial charge in [0.05, 0.1) is 5.02 Å². The maximum Gasteiger partial charge on any atom is 0.300 e. The fourth-order valence-corrected chi connectivity index (χ4v) is 2.12. The molecule has 0 radical (unpaired) electrons. The van der Waals surface area contributed by atoms with E-state index in [0.717, 1.165) is 10.2 Å². The molecule has 0 amide bonds. The highest BCUT2D eigenvalue weighted by Crippen LogP contribution is 2.28. The monoisotopic (exact) mass is 337 g/mol. The van der Waals surface area contributed by atoms with Crippen molar-refractivity contribution in [1.82, 2.24) is 4.98 Å². The zero-order chi connectivity index (χ0) is 13.4. The van der Waals surface area contributed by atoms with Gasteiger partial charge in [0, 0.05) is 15.8 Å². The van der Waals surface area contributed by atoms with Gasteiger partial charge in [-0.15, -0.1) is 0 Å². The largest absolute Gasteiger partial charge is 0.423 e. The van der Waals surface area contributed by atoms with Gasteiger partial charge in [0.15, 0.2) is 5.58 Å². The van der Waals surface area contributed by atoms with E-state index in [1.807, 2.05) is 12.1 Å². The van der Waals surface area contributed by atoms with Crippen LogP contribution in [0.5, 0.6) is 0 Å². The van der Waals surface area contributed by atoms with Crippen LogP contribution in [0.4, 0.5) is 17.4 Å². The van der Waals surface area contributed by atoms with Crippen LogP contribution in [0, 0.1) is 0 Å². The summed E-state index contributed by atoms with van der Waals surface area (Å²) < 4.78 is 6.40. The summed E-state index contributed by atoms with van der Waals surface area (Å²) >= 11 is 9.36. The molecule has 0 saturated carbocycles. The lowest BCUT2D eigenvalue weighted by molar-refractivity contribution is 0.623. The molecule has 0 bridgehead atoms. The van der Waals surface area contributed by atoms with Crippen molar-refractivity contribution in [3.8, 4) is 0 Å². The number of aromatic nitrogens is 1. The number of hydrogen-bond acceptors (Lipinski definition) is 4. The zero-order valence-electron chi connectivity index (χ0n) is 9.65. The molecule has 0 atom stereocenters. The summed E-state index contributed by atoms with van der Waals surface area (Å²) in [5, 5.41) is 3.67. The molecule has 0 aliphatic rings. The van der Waals surface area contributed by atoms with Crippen molar-refractivity contribution in [1.29, 1.82) is 0 Å². The van der Waals surface area contributed by atoms with Gasteiger partial charge in [-0.25, -0.2) is 0 Å². The van der Waals surface area contributed by atoms with Crippen molar-refractivity contribution in [3.63, 3.8) is 0 Å². The molecule has 4 nitrogen and oxygen atoms in total. The van der Waals surface area contributed by atoms with Crippen molar-refractivity contribution in [2.24, 2.45) is 0 Å². The van der Waals surface area contributed by atoms with E-state index < -0.39 is 0 Å². The number of oxazole rings is 1. The molecule has 3 aromatic rings. The predicted octanol–water partition coefficient (Wildman–Crippen LogP) is 4.57. The average molecular weight is 339 g/mol. The molecular weight excluding hydrogens is 330 g/mol. The van der Waals surface area contributed by atoms with Gasteiger partial charge >= 0.3 is 0 Å². The minimum absolute atomic E-state index is 0.402. The number of halogens is 2. The molecule has 19 heavy (non-hydrogen) atoms. The number of hydrogen-bond donors (Lipinski definition) is 2. The van der Waals surface area contributed by atoms with Crippen LogP contribution in [-0.4, -0.2) is 4.98 Å². The molecule has 0 saturated heterocycles. The second kappa shape index (κ2) is 4.75. The summed E-state index contributed by atoms with van der Waals surface area (Å²) in [6.07, 6.45) is 0. The molecule has 0 spiro atoms. The highest BCUT2D eigenvalue weighted by molar-refractivity contribution is 9.10. The molecule has 0 aliphatic carbocycles. The number of nitrogens with two attached hydrogens (primary N) is 1. The minimum Gasteiger partial charge on any atom is -0.423 e. The van der Waals surface area contributed by atoms with E-state index in [1.165, 1.54) is 0 Å². The van der Waals surface area contributed by atoms with Crippen LogP contribution in [0.3, 0.4) is 0 Å². The number of benzene rings is 2. The first-order valence-electron chi connectivity index (χ1n) is 5.50. The van der Waals surface area contributed by atoms with Crippen LogP contribution < -0.4 is 11.1 Å². The first kappa shape index (κ1) is 12.3. The highest BCUT2D eigenvalue weighted by Gasteiger charge is 2.07. The number of anilines is 3. The van der Waals surface area contributed by atoms with Crippen molar-refractivity contribution >= 4 is 56.0 Å². The van der Waals surface area contributed by atoms with Gasteiger partial charge in [0.2, 0.25) is 0 Å². The molecule has 6 heteroatoms. The second-order valence-electron chi connectivity index (χ2n) is 4.00. The Bertz CT molecular complexity index is 757. The van der Waals surface area contributed by atoms with Gasteiger partial charge in [0.25, 0.3) is 6.01 Å². The molecule has 1 aromatic heterocycles. The summed E-state index contributed by atoms with van der Waals surface area (Å²) in [4.78, 5) is 4.31. The summed E-state index contributed by atoms with van der Waals surface area (Å²) in [7, 11) is 0. The van der Waals surface area contributed by atoms with Crippen LogP contribution in [0.15, 0.2) is 45.3 Å². The van der Waals surface area contributed by atoms with Crippen LogP contribution in [0.2, 0.25) is 5.02 Å². The third-order valence-electron chi connectivity index (χ3n) is 2.58. The van der Waals surface area contributed by atoms with E-state index in [4.69, 9.17) is 21.8 Å². The maximum atomic E-state index is 6.03. The Balaban J connectivity index is 1.94. The third kappa shape index (κ3) is 2.52. The summed E-state index contributed by atoms with van der Waals surface area (Å²) in [6.45, 7) is 0. The Morgan fingerprint density at radius 1 is 1.21 bits per heavy atom. The Morgan fingerprint density at radius 3 is 2.84 bits per heavy atom. The number of nitrogens with one attached hydrogen (secondary N) is 1. The van der Waals surface area contributed by atoms with Crippen LogP contribution in [0.25, 0.3) is 11.1 Å². The summed E-state index contributed by atoms with van der Waals surface area (Å²) in [5.41, 5.74) is 8.54. The quantitative estimate of drug-likeness (QED) is 0.672.